The van der Waals surface area contributed by atoms with E-state index >= 15 is 0 Å². The van der Waals surface area contributed by atoms with Crippen LogP contribution in [0.4, 0.5) is 4.79 Å². The maximum atomic E-state index is 11.7. The molecule has 0 aromatic carbocycles. The lowest BCUT2D eigenvalue weighted by molar-refractivity contribution is 0.231. The number of hydrogen-bond donors (Lipinski definition) is 2. The zero-order chi connectivity index (χ0) is 12.8. The summed E-state index contributed by atoms with van der Waals surface area (Å²) in [5.41, 5.74) is 1.000. The molecular weight excluding hydrogens is 214 g/mol. The molecule has 1 rings (SSSR count). The second-order valence-electron chi connectivity index (χ2n) is 4.66. The molecule has 0 saturated heterocycles. The van der Waals surface area contributed by atoms with E-state index in [1.165, 1.54) is 0 Å². The molecule has 0 aliphatic carbocycles. The number of carbonyl (C=O) groups is 1. The van der Waals surface area contributed by atoms with Gasteiger partial charge in [0, 0.05) is 18.4 Å². The van der Waals surface area contributed by atoms with E-state index in [2.05, 4.69) is 29.5 Å². The van der Waals surface area contributed by atoms with Crippen LogP contribution in [-0.4, -0.2) is 17.1 Å². The van der Waals surface area contributed by atoms with E-state index in [0.29, 0.717) is 5.92 Å². The molecule has 1 heterocycles. The molecule has 2 amide bonds. The molecule has 0 unspecified atom stereocenters. The predicted octanol–water partition coefficient (Wildman–Crippen LogP) is 2.49. The Morgan fingerprint density at radius 3 is 2.47 bits per heavy atom. The fourth-order valence-electron chi connectivity index (χ4n) is 1.33. The number of amides is 2. The fourth-order valence-corrected chi connectivity index (χ4v) is 1.33. The molecule has 94 valence electrons. The quantitative estimate of drug-likeness (QED) is 0.842. The molecule has 0 saturated carbocycles. The molecule has 0 aliphatic rings. The standard InChI is InChI=1S/C13H21N3O/c1-9(2)10(3)15-13(17)16-11(4)12-6-5-7-14-8-12/h5-11H,1-4H3,(H2,15,16,17)/t10-,11+/m1/s1. The van der Waals surface area contributed by atoms with Crippen LogP contribution < -0.4 is 10.6 Å². The predicted molar refractivity (Wildman–Crippen MR) is 68.6 cm³/mol. The minimum absolute atomic E-state index is 0.0388. The highest BCUT2D eigenvalue weighted by molar-refractivity contribution is 5.74. The van der Waals surface area contributed by atoms with Crippen molar-refractivity contribution < 1.29 is 4.79 Å². The smallest absolute Gasteiger partial charge is 0.315 e. The summed E-state index contributed by atoms with van der Waals surface area (Å²) in [6, 6.07) is 3.80. The van der Waals surface area contributed by atoms with Crippen LogP contribution in [0.15, 0.2) is 24.5 Å². The molecule has 2 atom stereocenters. The van der Waals surface area contributed by atoms with Crippen LogP contribution in [0.1, 0.15) is 39.3 Å². The van der Waals surface area contributed by atoms with Crippen LogP contribution in [0.5, 0.6) is 0 Å². The number of rotatable bonds is 4. The third-order valence-corrected chi connectivity index (χ3v) is 2.89. The number of nitrogens with zero attached hydrogens (tertiary/aromatic N) is 1. The van der Waals surface area contributed by atoms with E-state index in [4.69, 9.17) is 0 Å². The highest BCUT2D eigenvalue weighted by Crippen LogP contribution is 2.09. The van der Waals surface area contributed by atoms with Gasteiger partial charge >= 0.3 is 6.03 Å². The molecule has 2 N–H and O–H groups in total. The molecule has 0 spiro atoms. The van der Waals surface area contributed by atoms with Crippen molar-refractivity contribution in [3.8, 4) is 0 Å². The van der Waals surface area contributed by atoms with E-state index in [0.717, 1.165) is 5.56 Å². The average molecular weight is 235 g/mol. The van der Waals surface area contributed by atoms with Gasteiger partial charge in [-0.2, -0.15) is 0 Å². The summed E-state index contributed by atoms with van der Waals surface area (Å²) in [7, 11) is 0. The van der Waals surface area contributed by atoms with Crippen molar-refractivity contribution in [1.29, 1.82) is 0 Å². The number of nitrogens with one attached hydrogen (secondary N) is 2. The number of carbonyl (C=O) groups excluding carboxylic acids is 1. The van der Waals surface area contributed by atoms with Crippen molar-refractivity contribution in [3.05, 3.63) is 30.1 Å². The molecule has 0 bridgehead atoms. The Labute approximate surface area is 103 Å². The second kappa shape index (κ2) is 6.23. The normalized spacial score (nSPS) is 14.2. The lowest BCUT2D eigenvalue weighted by atomic mass is 10.1. The molecule has 4 nitrogen and oxygen atoms in total. The first-order chi connectivity index (χ1) is 8.00. The van der Waals surface area contributed by atoms with Crippen LogP contribution in [0, 0.1) is 5.92 Å². The molecule has 0 fully saturated rings. The third kappa shape index (κ3) is 4.43. The Morgan fingerprint density at radius 1 is 1.24 bits per heavy atom. The van der Waals surface area contributed by atoms with Gasteiger partial charge in [-0.15, -0.1) is 0 Å². The van der Waals surface area contributed by atoms with Gasteiger partial charge in [0.15, 0.2) is 0 Å². The molecule has 4 heteroatoms. The third-order valence-electron chi connectivity index (χ3n) is 2.89. The highest BCUT2D eigenvalue weighted by Gasteiger charge is 2.13. The molecule has 0 aliphatic heterocycles. The first kappa shape index (κ1) is 13.5. The van der Waals surface area contributed by atoms with E-state index in [1.807, 2.05) is 26.0 Å². The van der Waals surface area contributed by atoms with Crippen molar-refractivity contribution >= 4 is 6.03 Å². The van der Waals surface area contributed by atoms with Gasteiger partial charge in [-0.1, -0.05) is 19.9 Å². The van der Waals surface area contributed by atoms with Crippen molar-refractivity contribution in [2.75, 3.05) is 0 Å². The summed E-state index contributed by atoms with van der Waals surface area (Å²) in [5, 5.41) is 5.80. The van der Waals surface area contributed by atoms with Crippen molar-refractivity contribution in [2.24, 2.45) is 5.92 Å². The van der Waals surface area contributed by atoms with E-state index < -0.39 is 0 Å². The molecule has 0 radical (unpaired) electrons. The molecular formula is C13H21N3O. The van der Waals surface area contributed by atoms with Gasteiger partial charge < -0.3 is 10.6 Å². The zero-order valence-electron chi connectivity index (χ0n) is 10.9. The summed E-state index contributed by atoms with van der Waals surface area (Å²) in [6.45, 7) is 8.10. The van der Waals surface area contributed by atoms with Crippen molar-refractivity contribution in [1.82, 2.24) is 15.6 Å². The van der Waals surface area contributed by atoms with E-state index in [1.54, 1.807) is 12.4 Å². The second-order valence-corrected chi connectivity index (χ2v) is 4.66. The largest absolute Gasteiger partial charge is 0.335 e. The number of pyridine rings is 1. The summed E-state index contributed by atoms with van der Waals surface area (Å²) in [5.74, 6) is 0.425. The first-order valence-electron chi connectivity index (χ1n) is 5.97. The summed E-state index contributed by atoms with van der Waals surface area (Å²) in [4.78, 5) is 15.7. The Balaban J connectivity index is 2.47. The summed E-state index contributed by atoms with van der Waals surface area (Å²) >= 11 is 0. The van der Waals surface area contributed by atoms with Crippen LogP contribution in [0.2, 0.25) is 0 Å². The Bertz CT molecular complexity index is 351. The zero-order valence-corrected chi connectivity index (χ0v) is 10.9. The van der Waals surface area contributed by atoms with Gasteiger partial charge in [-0.3, -0.25) is 4.98 Å². The van der Waals surface area contributed by atoms with Gasteiger partial charge in [-0.25, -0.2) is 4.79 Å². The van der Waals surface area contributed by atoms with Crippen LogP contribution in [0.3, 0.4) is 0 Å². The summed E-state index contributed by atoms with van der Waals surface area (Å²) in [6.07, 6.45) is 3.48. The minimum Gasteiger partial charge on any atom is -0.335 e. The SMILES string of the molecule is CC(C)[C@@H](C)NC(=O)N[C@@H](C)c1cccnc1. The lowest BCUT2D eigenvalue weighted by Gasteiger charge is -2.20. The number of hydrogen-bond acceptors (Lipinski definition) is 2. The topological polar surface area (TPSA) is 54.0 Å². The maximum Gasteiger partial charge on any atom is 0.315 e. The fraction of sp³-hybridized carbons (Fsp3) is 0.538. The monoisotopic (exact) mass is 235 g/mol. The number of urea groups is 1. The van der Waals surface area contributed by atoms with Gasteiger partial charge in [-0.05, 0) is 31.4 Å². The van der Waals surface area contributed by atoms with Crippen LogP contribution in [0.25, 0.3) is 0 Å². The molecule has 1 aromatic heterocycles. The van der Waals surface area contributed by atoms with Gasteiger partial charge in [0.05, 0.1) is 6.04 Å². The maximum absolute atomic E-state index is 11.7. The van der Waals surface area contributed by atoms with Gasteiger partial charge in [0.1, 0.15) is 0 Å². The van der Waals surface area contributed by atoms with Gasteiger partial charge in [0.25, 0.3) is 0 Å². The van der Waals surface area contributed by atoms with E-state index in [-0.39, 0.29) is 18.1 Å². The molecule has 1 aromatic rings. The Morgan fingerprint density at radius 2 is 1.94 bits per heavy atom. The van der Waals surface area contributed by atoms with E-state index in [9.17, 15) is 4.79 Å². The Hall–Kier alpha value is -1.58. The van der Waals surface area contributed by atoms with Gasteiger partial charge in [0.2, 0.25) is 0 Å². The van der Waals surface area contributed by atoms with Crippen molar-refractivity contribution in [3.63, 3.8) is 0 Å². The molecule has 17 heavy (non-hydrogen) atoms. The Kier molecular flexibility index (Phi) is 4.94. The average Bonchev–Trinajstić information content (AvgIpc) is 2.29. The van der Waals surface area contributed by atoms with Crippen molar-refractivity contribution in [2.45, 2.75) is 39.8 Å². The lowest BCUT2D eigenvalue weighted by Crippen LogP contribution is -2.43. The van der Waals surface area contributed by atoms with Crippen LogP contribution >= 0.6 is 0 Å². The van der Waals surface area contributed by atoms with Crippen LogP contribution in [-0.2, 0) is 0 Å². The number of aromatic nitrogens is 1. The minimum atomic E-state index is -0.137. The highest BCUT2D eigenvalue weighted by atomic mass is 16.2. The summed E-state index contributed by atoms with van der Waals surface area (Å²) < 4.78 is 0. The first-order valence-corrected chi connectivity index (χ1v) is 5.97.